The van der Waals surface area contributed by atoms with E-state index >= 15 is 0 Å². The van der Waals surface area contributed by atoms with Crippen LogP contribution in [0.25, 0.3) is 81.7 Å². The van der Waals surface area contributed by atoms with E-state index in [0.29, 0.717) is 0 Å². The Morgan fingerprint density at radius 2 is 0.759 bits per heavy atom. The Bertz CT molecular complexity index is 3180. The van der Waals surface area contributed by atoms with Crippen molar-refractivity contribution in [3.8, 4) is 16.8 Å². The highest BCUT2D eigenvalue weighted by Gasteiger charge is 2.20. The van der Waals surface area contributed by atoms with E-state index < -0.39 is 0 Å². The first-order valence-electron chi connectivity index (χ1n) is 18.6. The fourth-order valence-electron chi connectivity index (χ4n) is 8.76. The molecule has 54 heavy (non-hydrogen) atoms. The first-order valence-corrected chi connectivity index (χ1v) is 18.6. The lowest BCUT2D eigenvalue weighted by Gasteiger charge is -2.26. The van der Waals surface area contributed by atoms with Gasteiger partial charge in [-0.05, 0) is 97.4 Å². The molecule has 11 aromatic rings. The highest BCUT2D eigenvalue weighted by Crippen LogP contribution is 2.44. The summed E-state index contributed by atoms with van der Waals surface area (Å²) in [4.78, 5) is 2.40. The molecule has 1 aromatic heterocycles. The molecule has 0 aliphatic heterocycles. The third-order valence-electron chi connectivity index (χ3n) is 11.1. The molecule has 0 N–H and O–H groups in total. The van der Waals surface area contributed by atoms with Crippen molar-refractivity contribution in [2.45, 2.75) is 0 Å². The van der Waals surface area contributed by atoms with E-state index in [4.69, 9.17) is 0 Å². The van der Waals surface area contributed by atoms with Gasteiger partial charge in [-0.2, -0.15) is 0 Å². The van der Waals surface area contributed by atoms with E-state index in [1.54, 1.807) is 0 Å². The maximum absolute atomic E-state index is 2.47. The summed E-state index contributed by atoms with van der Waals surface area (Å²) in [5.41, 5.74) is 9.33. The van der Waals surface area contributed by atoms with Crippen LogP contribution >= 0.6 is 0 Å². The third kappa shape index (κ3) is 4.67. The van der Waals surface area contributed by atoms with Gasteiger partial charge >= 0.3 is 0 Å². The second-order valence-electron chi connectivity index (χ2n) is 14.1. The van der Waals surface area contributed by atoms with Crippen LogP contribution in [0.3, 0.4) is 0 Å². The predicted octanol–water partition coefficient (Wildman–Crippen LogP) is 14.5. The van der Waals surface area contributed by atoms with Crippen LogP contribution in [-0.2, 0) is 0 Å². The molecule has 2 heteroatoms. The molecule has 10 aromatic carbocycles. The molecule has 0 atom stereocenters. The van der Waals surface area contributed by atoms with Gasteiger partial charge in [-0.15, -0.1) is 0 Å². The molecule has 0 saturated carbocycles. The van der Waals surface area contributed by atoms with Crippen molar-refractivity contribution in [3.05, 3.63) is 206 Å². The molecule has 0 bridgehead atoms. The maximum atomic E-state index is 2.47. The third-order valence-corrected chi connectivity index (χ3v) is 11.1. The summed E-state index contributed by atoms with van der Waals surface area (Å²) < 4.78 is 2.47. The molecule has 0 spiro atoms. The average Bonchev–Trinajstić information content (AvgIpc) is 3.57. The second-order valence-corrected chi connectivity index (χ2v) is 14.1. The predicted molar refractivity (Wildman–Crippen MR) is 231 cm³/mol. The Hall–Kier alpha value is -7.16. The fraction of sp³-hybridized carbons (Fsp3) is 0. The minimum absolute atomic E-state index is 1.10. The Labute approximate surface area is 313 Å². The van der Waals surface area contributed by atoms with Crippen LogP contribution < -0.4 is 4.90 Å². The van der Waals surface area contributed by atoms with Gasteiger partial charge in [0.05, 0.1) is 16.7 Å². The van der Waals surface area contributed by atoms with E-state index in [9.17, 15) is 0 Å². The molecular formula is C52H34N2. The average molecular weight is 687 g/mol. The van der Waals surface area contributed by atoms with Gasteiger partial charge in [-0.25, -0.2) is 0 Å². The lowest BCUT2D eigenvalue weighted by molar-refractivity contribution is 1.19. The normalized spacial score (nSPS) is 11.7. The number of anilines is 3. The Balaban J connectivity index is 1.17. The molecule has 0 unspecified atom stereocenters. The summed E-state index contributed by atoms with van der Waals surface area (Å²) >= 11 is 0. The number of nitrogens with zero attached hydrogens (tertiary/aromatic N) is 2. The summed E-state index contributed by atoms with van der Waals surface area (Å²) in [7, 11) is 0. The van der Waals surface area contributed by atoms with E-state index in [1.165, 1.54) is 81.7 Å². The van der Waals surface area contributed by atoms with Crippen molar-refractivity contribution in [2.75, 3.05) is 4.90 Å². The molecule has 2 nitrogen and oxygen atoms in total. The number of rotatable bonds is 5. The molecule has 0 saturated heterocycles. The number of hydrogen-bond acceptors (Lipinski definition) is 1. The van der Waals surface area contributed by atoms with Gasteiger partial charge in [0, 0.05) is 33.2 Å². The van der Waals surface area contributed by atoms with Gasteiger partial charge < -0.3 is 9.47 Å². The number of fused-ring (bicyclic) bond motifs is 10. The molecule has 0 aliphatic rings. The minimum Gasteiger partial charge on any atom is -0.310 e. The quantitative estimate of drug-likeness (QED) is 0.164. The Morgan fingerprint density at radius 1 is 0.278 bits per heavy atom. The molecule has 1 heterocycles. The van der Waals surface area contributed by atoms with E-state index in [-0.39, 0.29) is 0 Å². The number of hydrogen-bond donors (Lipinski definition) is 0. The summed E-state index contributed by atoms with van der Waals surface area (Å²) in [6, 6.07) is 75.2. The van der Waals surface area contributed by atoms with Crippen molar-refractivity contribution in [3.63, 3.8) is 0 Å². The fourth-order valence-corrected chi connectivity index (χ4v) is 8.76. The van der Waals surface area contributed by atoms with Crippen molar-refractivity contribution in [1.29, 1.82) is 0 Å². The Morgan fingerprint density at radius 3 is 1.44 bits per heavy atom. The smallest absolute Gasteiger partial charge is 0.0562 e. The van der Waals surface area contributed by atoms with Crippen molar-refractivity contribution >= 4 is 82.0 Å². The van der Waals surface area contributed by atoms with Crippen LogP contribution in [0.5, 0.6) is 0 Å². The summed E-state index contributed by atoms with van der Waals surface area (Å²) in [6.07, 6.45) is 0. The first-order chi connectivity index (χ1) is 26.8. The van der Waals surface area contributed by atoms with Crippen molar-refractivity contribution < 1.29 is 0 Å². The first kappa shape index (κ1) is 30.5. The topological polar surface area (TPSA) is 8.17 Å². The van der Waals surface area contributed by atoms with E-state index in [1.807, 2.05) is 0 Å². The van der Waals surface area contributed by atoms with E-state index in [2.05, 4.69) is 216 Å². The molecule has 0 aliphatic carbocycles. The van der Waals surface area contributed by atoms with Gasteiger partial charge in [0.1, 0.15) is 0 Å². The van der Waals surface area contributed by atoms with Crippen molar-refractivity contribution in [1.82, 2.24) is 4.57 Å². The molecular weight excluding hydrogens is 653 g/mol. The highest BCUT2D eigenvalue weighted by molar-refractivity contribution is 6.26. The van der Waals surface area contributed by atoms with Crippen LogP contribution in [0.2, 0.25) is 0 Å². The van der Waals surface area contributed by atoms with Gasteiger partial charge in [0.15, 0.2) is 0 Å². The summed E-state index contributed by atoms with van der Waals surface area (Å²) in [5, 5.41) is 12.6. The van der Waals surface area contributed by atoms with Crippen LogP contribution in [0.15, 0.2) is 206 Å². The SMILES string of the molecule is c1ccc(-c2ccc(-n3c4ccccc4c4ccc(N(c5ccccc5)c5ccc6c7ccccc7c7ccccc7c6c5)cc43)c3ccccc23)cc1. The number of aromatic nitrogens is 1. The monoisotopic (exact) mass is 686 g/mol. The Kier molecular flexibility index (Phi) is 6.90. The number of para-hydroxylation sites is 2. The zero-order valence-corrected chi connectivity index (χ0v) is 29.5. The largest absolute Gasteiger partial charge is 0.310 e. The molecule has 0 amide bonds. The highest BCUT2D eigenvalue weighted by atomic mass is 15.1. The van der Waals surface area contributed by atoms with Crippen LogP contribution in [0.4, 0.5) is 17.1 Å². The van der Waals surface area contributed by atoms with Crippen molar-refractivity contribution in [2.24, 2.45) is 0 Å². The molecule has 0 fully saturated rings. The molecule has 252 valence electrons. The zero-order valence-electron chi connectivity index (χ0n) is 29.5. The van der Waals surface area contributed by atoms with Gasteiger partial charge in [-0.1, -0.05) is 158 Å². The van der Waals surface area contributed by atoms with Gasteiger partial charge in [0.25, 0.3) is 0 Å². The maximum Gasteiger partial charge on any atom is 0.0562 e. The molecule has 0 radical (unpaired) electrons. The summed E-state index contributed by atoms with van der Waals surface area (Å²) in [5.74, 6) is 0. The standard InChI is InChI=1S/C52H34N2/c1-3-15-35(16-4-1)39-31-32-51(46-24-12-11-19-40(39)46)54-50-26-14-13-25-47(50)48-30-28-38(34-52(48)54)53(36-17-5-2-6-18-36)37-27-29-45-43-22-8-7-20-41(43)42-21-9-10-23-44(42)49(45)33-37/h1-34H. The summed E-state index contributed by atoms with van der Waals surface area (Å²) in [6.45, 7) is 0. The van der Waals surface area contributed by atoms with Gasteiger partial charge in [0.2, 0.25) is 0 Å². The minimum atomic E-state index is 1.10. The van der Waals surface area contributed by atoms with Gasteiger partial charge in [-0.3, -0.25) is 0 Å². The lowest BCUT2D eigenvalue weighted by atomic mass is 9.94. The number of benzene rings is 10. The lowest BCUT2D eigenvalue weighted by Crippen LogP contribution is -2.10. The van der Waals surface area contributed by atoms with E-state index in [0.717, 1.165) is 17.1 Å². The van der Waals surface area contributed by atoms with Crippen LogP contribution in [0, 0.1) is 0 Å². The van der Waals surface area contributed by atoms with Crippen LogP contribution in [-0.4, -0.2) is 4.57 Å². The molecule has 11 rings (SSSR count). The second kappa shape index (κ2) is 12.2. The van der Waals surface area contributed by atoms with Crippen LogP contribution in [0.1, 0.15) is 0 Å². The zero-order chi connectivity index (χ0) is 35.6.